The zero-order valence-corrected chi connectivity index (χ0v) is 20.6. The van der Waals surface area contributed by atoms with Crippen molar-refractivity contribution >= 4 is 36.1 Å². The fourth-order valence-electron chi connectivity index (χ4n) is 2.84. The molecule has 10 heteroatoms. The van der Waals surface area contributed by atoms with E-state index < -0.39 is 39.8 Å². The van der Waals surface area contributed by atoms with Crippen LogP contribution >= 0.6 is 14.2 Å². The first-order chi connectivity index (χ1) is 14.6. The van der Waals surface area contributed by atoms with Gasteiger partial charge in [0.05, 0.1) is 14.2 Å². The van der Waals surface area contributed by atoms with Crippen molar-refractivity contribution in [2.24, 2.45) is 5.41 Å². The van der Waals surface area contributed by atoms with Crippen molar-refractivity contribution in [3.05, 3.63) is 77.4 Å². The molecule has 0 spiro atoms. The van der Waals surface area contributed by atoms with Gasteiger partial charge in [-0.1, -0.05) is 59.0 Å². The Balaban J connectivity index is 0.00000233. The molecule has 170 valence electrons. The molecular weight excluding hydrogens is 533 g/mol. The van der Waals surface area contributed by atoms with Crippen LogP contribution in [0.25, 0.3) is 4.72 Å². The molecule has 0 bridgehead atoms. The first-order valence-electron chi connectivity index (χ1n) is 8.86. The van der Waals surface area contributed by atoms with Crippen LogP contribution in [0.5, 0.6) is 0 Å². The number of carbonyl (C=O) groups is 2. The maximum absolute atomic E-state index is 13.0. The predicted octanol–water partition coefficient (Wildman–Crippen LogP) is 4.20. The SMILES string of the molecule is [CH2-]C(CC(=O)OC)(C(=O)OC)C([N-]S(=O)(=O)c1ccc(C)cc1)c1ccccc1.[Co+2][Br]. The normalized spacial score (nSPS) is 13.7. The molecule has 0 aliphatic rings. The van der Waals surface area contributed by atoms with E-state index in [1.165, 1.54) is 12.1 Å². The molecule has 0 radical (unpaired) electrons. The number of sulfonamides is 1. The molecule has 2 atom stereocenters. The number of ether oxygens (including phenoxy) is 2. The van der Waals surface area contributed by atoms with E-state index in [9.17, 15) is 18.0 Å². The Morgan fingerprint density at radius 2 is 1.61 bits per heavy atom. The van der Waals surface area contributed by atoms with E-state index in [0.717, 1.165) is 19.8 Å². The van der Waals surface area contributed by atoms with Crippen LogP contribution in [0.1, 0.15) is 23.6 Å². The Morgan fingerprint density at radius 3 is 2.10 bits per heavy atom. The van der Waals surface area contributed by atoms with Gasteiger partial charge < -0.3 is 21.1 Å². The Hall–Kier alpha value is -1.72. The van der Waals surface area contributed by atoms with E-state index in [0.29, 0.717) is 5.56 Å². The van der Waals surface area contributed by atoms with E-state index >= 15 is 0 Å². The van der Waals surface area contributed by atoms with Gasteiger partial charge >= 0.3 is 34.1 Å². The second-order valence-electron chi connectivity index (χ2n) is 6.61. The van der Waals surface area contributed by atoms with Gasteiger partial charge in [0.1, 0.15) is 10.0 Å². The van der Waals surface area contributed by atoms with Gasteiger partial charge in [-0.3, -0.25) is 9.59 Å². The van der Waals surface area contributed by atoms with Crippen molar-refractivity contribution < 1.29 is 41.4 Å². The van der Waals surface area contributed by atoms with Gasteiger partial charge in [0, 0.05) is 11.3 Å². The minimum atomic E-state index is -4.17. The number of halogens is 1. The van der Waals surface area contributed by atoms with Crippen LogP contribution < -0.4 is 0 Å². The molecule has 2 rings (SSSR count). The summed E-state index contributed by atoms with van der Waals surface area (Å²) in [5.74, 6) is -1.62. The number of aryl methyl sites for hydroxylation is 1. The summed E-state index contributed by atoms with van der Waals surface area (Å²) < 4.78 is 39.5. The predicted molar refractivity (Wildman–Crippen MR) is 116 cm³/mol. The van der Waals surface area contributed by atoms with Crippen molar-refractivity contribution in [3.8, 4) is 0 Å². The first-order valence-corrected chi connectivity index (χ1v) is 12.9. The van der Waals surface area contributed by atoms with E-state index in [1.807, 2.05) is 6.92 Å². The summed E-state index contributed by atoms with van der Waals surface area (Å²) in [6.07, 6.45) is -0.511. The molecule has 31 heavy (non-hydrogen) atoms. The van der Waals surface area contributed by atoms with Gasteiger partial charge in [-0.25, -0.2) is 8.42 Å². The summed E-state index contributed by atoms with van der Waals surface area (Å²) in [6, 6.07) is 13.1. The number of nitrogens with zero attached hydrogens (tertiary/aromatic N) is 1. The number of methoxy groups -OCH3 is 2. The van der Waals surface area contributed by atoms with Gasteiger partial charge in [0.25, 0.3) is 5.97 Å². The van der Waals surface area contributed by atoms with Crippen molar-refractivity contribution in [2.75, 3.05) is 14.2 Å². The second-order valence-corrected chi connectivity index (χ2v) is 8.24. The Kier molecular flexibility index (Phi) is 10.9. The Morgan fingerprint density at radius 1 is 1.06 bits per heavy atom. The molecule has 2 aromatic rings. The minimum absolute atomic E-state index is 0.0330. The number of rotatable bonds is 8. The molecular formula is C21H23BrCoNO6S. The van der Waals surface area contributed by atoms with Crippen molar-refractivity contribution in [2.45, 2.75) is 24.3 Å². The van der Waals surface area contributed by atoms with Crippen LogP contribution in [0.2, 0.25) is 0 Å². The molecule has 0 aliphatic heterocycles. The molecule has 0 aromatic heterocycles. The quantitative estimate of drug-likeness (QED) is 0.357. The topological polar surface area (TPSA) is 101 Å². The van der Waals surface area contributed by atoms with Gasteiger partial charge in [-0.15, -0.1) is 6.04 Å². The number of hydrogen-bond acceptors (Lipinski definition) is 6. The van der Waals surface area contributed by atoms with Crippen LogP contribution in [0.3, 0.4) is 0 Å². The van der Waals surface area contributed by atoms with Crippen molar-refractivity contribution in [1.29, 1.82) is 0 Å². The fraction of sp³-hybridized carbons (Fsp3) is 0.286. The zero-order valence-electron chi connectivity index (χ0n) is 17.2. The molecule has 0 aliphatic carbocycles. The molecule has 0 amide bonds. The molecule has 0 heterocycles. The van der Waals surface area contributed by atoms with Crippen LogP contribution in [-0.2, 0) is 43.0 Å². The molecule has 0 N–H and O–H groups in total. The van der Waals surface area contributed by atoms with Crippen LogP contribution in [0.15, 0.2) is 59.5 Å². The number of hydrogen-bond donors (Lipinski definition) is 0. The number of benzene rings is 2. The summed E-state index contributed by atoms with van der Waals surface area (Å²) in [7, 11) is -1.87. The zero-order chi connectivity index (χ0) is 23.7. The third-order valence-electron chi connectivity index (χ3n) is 4.48. The molecule has 0 saturated carbocycles. The molecule has 7 nitrogen and oxygen atoms in total. The van der Waals surface area contributed by atoms with Crippen molar-refractivity contribution in [3.63, 3.8) is 0 Å². The Labute approximate surface area is 198 Å². The molecule has 0 saturated heterocycles. The number of carbonyl (C=O) groups excluding carboxylic acids is 2. The average Bonchev–Trinajstić information content (AvgIpc) is 2.78. The van der Waals surface area contributed by atoms with E-state index in [4.69, 9.17) is 4.74 Å². The summed E-state index contributed by atoms with van der Waals surface area (Å²) in [5.41, 5.74) is -0.566. The summed E-state index contributed by atoms with van der Waals surface area (Å²) in [4.78, 5) is 24.6. The first kappa shape index (κ1) is 27.3. The van der Waals surface area contributed by atoms with Crippen LogP contribution in [0.4, 0.5) is 0 Å². The van der Waals surface area contributed by atoms with Gasteiger partial charge in [0.2, 0.25) is 0 Å². The molecule has 2 aromatic carbocycles. The summed E-state index contributed by atoms with van der Waals surface area (Å²) in [6.45, 7) is 5.69. The summed E-state index contributed by atoms with van der Waals surface area (Å²) in [5, 5.41) is 0. The number of esters is 2. The van der Waals surface area contributed by atoms with E-state index in [2.05, 4.69) is 44.5 Å². The monoisotopic (exact) mass is 555 g/mol. The fourth-order valence-corrected chi connectivity index (χ4v) is 4.04. The summed E-state index contributed by atoms with van der Waals surface area (Å²) >= 11 is 6.00. The van der Waals surface area contributed by atoms with Crippen molar-refractivity contribution in [1.82, 2.24) is 0 Å². The average molecular weight is 556 g/mol. The third-order valence-corrected chi connectivity index (χ3v) is 5.84. The third kappa shape index (κ3) is 7.14. The van der Waals surface area contributed by atoms with Gasteiger partial charge in [-0.2, -0.15) is 0 Å². The van der Waals surface area contributed by atoms with Gasteiger partial charge in [-0.05, 0) is 19.1 Å². The second kappa shape index (κ2) is 12.3. The standard InChI is InChI=1S/C21H23NO6S.BrH.Co/c1-15-10-12-17(13-11-15)29(25,26)22-19(16-8-6-5-7-9-16)21(2,20(24)28-4)14-18(23)27-3;;/h5-13,19H,2,14H2,1,3-4H3;1H;/q-2;;+3/p-1. The van der Waals surface area contributed by atoms with E-state index in [1.54, 1.807) is 42.5 Å². The van der Waals surface area contributed by atoms with Crippen LogP contribution in [0, 0.1) is 19.3 Å². The molecule has 2 unspecified atom stereocenters. The molecule has 0 fully saturated rings. The van der Waals surface area contributed by atoms with Crippen LogP contribution in [-0.4, -0.2) is 34.6 Å². The Bertz CT molecular complexity index is 969. The van der Waals surface area contributed by atoms with Gasteiger partial charge in [0.15, 0.2) is 0 Å². The van der Waals surface area contributed by atoms with E-state index in [-0.39, 0.29) is 4.90 Å². The maximum atomic E-state index is 13.0.